The summed E-state index contributed by atoms with van der Waals surface area (Å²) < 4.78 is 0. The quantitative estimate of drug-likeness (QED) is 0.622. The first-order valence-electron chi connectivity index (χ1n) is 7.95. The maximum atomic E-state index is 10.7. The van der Waals surface area contributed by atoms with Gasteiger partial charge in [-0.1, -0.05) is 41.7 Å². The predicted molar refractivity (Wildman–Crippen MR) is 92.7 cm³/mol. The molecule has 122 valence electrons. The van der Waals surface area contributed by atoms with E-state index in [2.05, 4.69) is 34.5 Å². The molecule has 23 heavy (non-hydrogen) atoms. The van der Waals surface area contributed by atoms with Crippen molar-refractivity contribution < 1.29 is 4.92 Å². The number of likely N-dealkylation sites (tertiary alicyclic amines) is 1. The van der Waals surface area contributed by atoms with Gasteiger partial charge in [0.25, 0.3) is 0 Å². The molecule has 0 bridgehead atoms. The maximum absolute atomic E-state index is 10.7. The van der Waals surface area contributed by atoms with Crippen LogP contribution < -0.4 is 5.32 Å². The standard InChI is InChI=1S/C17H21N3O2S/c21-20(22)17-10-14(13-23-17)11-18-12-16(19-8-4-5-9-19)15-6-2-1-3-7-15/h1-3,6-7,10,13,16,18H,4-5,8-9,11-12H2. The molecule has 0 radical (unpaired) electrons. The molecule has 1 N–H and O–H groups in total. The molecule has 1 fully saturated rings. The first kappa shape index (κ1) is 16.1. The fourth-order valence-electron chi connectivity index (χ4n) is 3.09. The number of nitrogens with one attached hydrogen (secondary N) is 1. The summed E-state index contributed by atoms with van der Waals surface area (Å²) >= 11 is 1.19. The second kappa shape index (κ2) is 7.68. The molecule has 1 aromatic carbocycles. The Hall–Kier alpha value is -1.76. The lowest BCUT2D eigenvalue weighted by Gasteiger charge is -2.28. The van der Waals surface area contributed by atoms with Crippen molar-refractivity contribution in [3.8, 4) is 0 Å². The summed E-state index contributed by atoms with van der Waals surface area (Å²) in [5.41, 5.74) is 2.31. The van der Waals surface area contributed by atoms with Crippen LogP contribution in [-0.2, 0) is 6.54 Å². The number of nitrogens with zero attached hydrogens (tertiary/aromatic N) is 2. The maximum Gasteiger partial charge on any atom is 0.324 e. The second-order valence-corrected chi connectivity index (χ2v) is 6.74. The van der Waals surface area contributed by atoms with Crippen LogP contribution in [0.1, 0.15) is 30.0 Å². The average Bonchev–Trinajstić information content (AvgIpc) is 3.24. The molecule has 5 nitrogen and oxygen atoms in total. The predicted octanol–water partition coefficient (Wildman–Crippen LogP) is 3.58. The van der Waals surface area contributed by atoms with Crippen molar-refractivity contribution in [1.29, 1.82) is 0 Å². The van der Waals surface area contributed by atoms with E-state index in [0.717, 1.165) is 25.2 Å². The highest BCUT2D eigenvalue weighted by Crippen LogP contribution is 2.25. The van der Waals surface area contributed by atoms with Crippen LogP contribution in [0.15, 0.2) is 41.8 Å². The zero-order valence-corrected chi connectivity index (χ0v) is 13.8. The molecule has 0 aliphatic carbocycles. The summed E-state index contributed by atoms with van der Waals surface area (Å²) in [6.45, 7) is 3.81. The van der Waals surface area contributed by atoms with Gasteiger partial charge in [-0.15, -0.1) is 0 Å². The Morgan fingerprint density at radius 2 is 2.00 bits per heavy atom. The first-order chi connectivity index (χ1) is 11.2. The van der Waals surface area contributed by atoms with E-state index in [0.29, 0.717) is 12.6 Å². The second-order valence-electron chi connectivity index (χ2n) is 5.85. The van der Waals surface area contributed by atoms with E-state index in [1.807, 2.05) is 11.4 Å². The van der Waals surface area contributed by atoms with Gasteiger partial charge in [0.05, 0.1) is 4.92 Å². The van der Waals surface area contributed by atoms with Crippen LogP contribution in [0, 0.1) is 10.1 Å². The van der Waals surface area contributed by atoms with Crippen molar-refractivity contribution in [3.05, 3.63) is 63.0 Å². The van der Waals surface area contributed by atoms with Crippen LogP contribution in [0.4, 0.5) is 5.00 Å². The van der Waals surface area contributed by atoms with Crippen molar-refractivity contribution in [2.75, 3.05) is 19.6 Å². The fourth-order valence-corrected chi connectivity index (χ4v) is 3.82. The summed E-state index contributed by atoms with van der Waals surface area (Å²) in [5.74, 6) is 0. The highest BCUT2D eigenvalue weighted by Gasteiger charge is 2.23. The van der Waals surface area contributed by atoms with E-state index in [1.54, 1.807) is 6.07 Å². The smallest absolute Gasteiger partial charge is 0.311 e. The fraction of sp³-hybridized carbons (Fsp3) is 0.412. The Kier molecular flexibility index (Phi) is 5.38. The Labute approximate surface area is 140 Å². The molecular weight excluding hydrogens is 310 g/mol. The number of rotatable bonds is 7. The van der Waals surface area contributed by atoms with Crippen LogP contribution in [-0.4, -0.2) is 29.5 Å². The van der Waals surface area contributed by atoms with Gasteiger partial charge in [-0.05, 0) is 37.1 Å². The lowest BCUT2D eigenvalue weighted by molar-refractivity contribution is -0.380. The van der Waals surface area contributed by atoms with E-state index in [4.69, 9.17) is 0 Å². The van der Waals surface area contributed by atoms with E-state index >= 15 is 0 Å². The third kappa shape index (κ3) is 4.16. The normalized spacial score (nSPS) is 16.5. The molecule has 2 aromatic rings. The monoisotopic (exact) mass is 331 g/mol. The van der Waals surface area contributed by atoms with Crippen LogP contribution in [0.25, 0.3) is 0 Å². The molecule has 1 atom stereocenters. The topological polar surface area (TPSA) is 58.4 Å². The minimum atomic E-state index is -0.328. The molecule has 3 rings (SSSR count). The molecule has 0 saturated carbocycles. The van der Waals surface area contributed by atoms with Gasteiger partial charge in [0.15, 0.2) is 0 Å². The molecule has 1 aliphatic heterocycles. The zero-order chi connectivity index (χ0) is 16.1. The number of thiophene rings is 1. The molecule has 1 unspecified atom stereocenters. The van der Waals surface area contributed by atoms with E-state index in [1.165, 1.54) is 29.7 Å². The van der Waals surface area contributed by atoms with E-state index in [-0.39, 0.29) is 9.92 Å². The van der Waals surface area contributed by atoms with E-state index < -0.39 is 0 Å². The third-order valence-corrected chi connectivity index (χ3v) is 5.18. The zero-order valence-electron chi connectivity index (χ0n) is 13.0. The number of nitro groups is 1. The van der Waals surface area contributed by atoms with Crippen LogP contribution in [0.5, 0.6) is 0 Å². The molecule has 6 heteroatoms. The average molecular weight is 331 g/mol. The van der Waals surface area contributed by atoms with Gasteiger partial charge in [-0.2, -0.15) is 0 Å². The minimum absolute atomic E-state index is 0.209. The Balaban J connectivity index is 1.61. The van der Waals surface area contributed by atoms with Crippen LogP contribution in [0.2, 0.25) is 0 Å². The molecule has 1 aromatic heterocycles. The summed E-state index contributed by atoms with van der Waals surface area (Å²) in [6.07, 6.45) is 2.53. The number of hydrogen-bond acceptors (Lipinski definition) is 5. The molecule has 0 spiro atoms. The van der Waals surface area contributed by atoms with E-state index in [9.17, 15) is 10.1 Å². The molecular formula is C17H21N3O2S. The Bertz CT molecular complexity index is 638. The van der Waals surface area contributed by atoms with Crippen molar-refractivity contribution in [2.45, 2.75) is 25.4 Å². The van der Waals surface area contributed by atoms with Crippen molar-refractivity contribution in [2.24, 2.45) is 0 Å². The summed E-state index contributed by atoms with van der Waals surface area (Å²) in [5, 5.41) is 16.3. The highest BCUT2D eigenvalue weighted by atomic mass is 32.1. The van der Waals surface area contributed by atoms with Gasteiger partial charge in [-0.3, -0.25) is 15.0 Å². The van der Waals surface area contributed by atoms with Crippen LogP contribution in [0.3, 0.4) is 0 Å². The first-order valence-corrected chi connectivity index (χ1v) is 8.83. The van der Waals surface area contributed by atoms with Gasteiger partial charge in [0.1, 0.15) is 0 Å². The third-order valence-electron chi connectivity index (χ3n) is 4.25. The number of benzene rings is 1. The van der Waals surface area contributed by atoms with Crippen molar-refractivity contribution >= 4 is 16.3 Å². The Morgan fingerprint density at radius 3 is 2.65 bits per heavy atom. The summed E-state index contributed by atoms with van der Waals surface area (Å²) in [7, 11) is 0. The lowest BCUT2D eigenvalue weighted by atomic mass is 10.1. The largest absolute Gasteiger partial charge is 0.324 e. The molecule has 1 aliphatic rings. The van der Waals surface area contributed by atoms with Gasteiger partial charge < -0.3 is 5.32 Å². The van der Waals surface area contributed by atoms with Crippen molar-refractivity contribution in [1.82, 2.24) is 10.2 Å². The lowest BCUT2D eigenvalue weighted by Crippen LogP contribution is -2.33. The van der Waals surface area contributed by atoms with Gasteiger partial charge in [-0.25, -0.2) is 0 Å². The Morgan fingerprint density at radius 1 is 1.26 bits per heavy atom. The van der Waals surface area contributed by atoms with Gasteiger partial charge in [0, 0.05) is 30.6 Å². The van der Waals surface area contributed by atoms with Gasteiger partial charge in [0.2, 0.25) is 0 Å². The van der Waals surface area contributed by atoms with Gasteiger partial charge >= 0.3 is 5.00 Å². The highest BCUT2D eigenvalue weighted by molar-refractivity contribution is 7.13. The molecule has 0 amide bonds. The molecule has 1 saturated heterocycles. The van der Waals surface area contributed by atoms with Crippen LogP contribution >= 0.6 is 11.3 Å². The minimum Gasteiger partial charge on any atom is -0.311 e. The number of hydrogen-bond donors (Lipinski definition) is 1. The molecule has 2 heterocycles. The SMILES string of the molecule is O=[N+]([O-])c1cc(CNCC(c2ccccc2)N2CCCC2)cs1. The van der Waals surface area contributed by atoms with Crippen molar-refractivity contribution in [3.63, 3.8) is 0 Å². The summed E-state index contributed by atoms with van der Waals surface area (Å²) in [6, 6.07) is 12.6. The summed E-state index contributed by atoms with van der Waals surface area (Å²) in [4.78, 5) is 12.9.